The number of ketones is 1. The number of hydrogen-bond acceptors (Lipinski definition) is 5. The van der Waals surface area contributed by atoms with E-state index in [9.17, 15) is 9.59 Å². The van der Waals surface area contributed by atoms with Gasteiger partial charge in [-0.3, -0.25) is 4.79 Å². The average molecular weight is 366 g/mol. The Bertz CT molecular complexity index is 984. The highest BCUT2D eigenvalue weighted by atomic mass is 16.5. The molecule has 0 saturated carbocycles. The van der Waals surface area contributed by atoms with E-state index >= 15 is 0 Å². The number of esters is 1. The van der Waals surface area contributed by atoms with Gasteiger partial charge >= 0.3 is 5.97 Å². The molecule has 0 fully saturated rings. The molecule has 140 valence electrons. The number of hydrogen-bond donors (Lipinski definition) is 0. The summed E-state index contributed by atoms with van der Waals surface area (Å²) in [7, 11) is 2.86. The summed E-state index contributed by atoms with van der Waals surface area (Å²) in [5.74, 6) is 0.496. The van der Waals surface area contributed by atoms with Crippen molar-refractivity contribution in [1.29, 1.82) is 0 Å². The first kappa shape index (κ1) is 18.7. The van der Waals surface area contributed by atoms with E-state index in [2.05, 4.69) is 6.92 Å². The Morgan fingerprint density at radius 1 is 1.07 bits per heavy atom. The van der Waals surface area contributed by atoms with Crippen LogP contribution in [0.1, 0.15) is 51.8 Å². The van der Waals surface area contributed by atoms with Gasteiger partial charge in [-0.15, -0.1) is 0 Å². The van der Waals surface area contributed by atoms with Crippen molar-refractivity contribution >= 4 is 22.7 Å². The summed E-state index contributed by atoms with van der Waals surface area (Å²) in [5, 5.41) is 0.611. The van der Waals surface area contributed by atoms with Crippen molar-refractivity contribution in [3.8, 4) is 5.75 Å². The number of para-hydroxylation sites is 1. The van der Waals surface area contributed by atoms with Gasteiger partial charge in [-0.25, -0.2) is 4.79 Å². The lowest BCUT2D eigenvalue weighted by Gasteiger charge is -2.08. The zero-order chi connectivity index (χ0) is 19.4. The van der Waals surface area contributed by atoms with Gasteiger partial charge < -0.3 is 13.9 Å². The molecule has 0 unspecified atom stereocenters. The quantitative estimate of drug-likeness (QED) is 0.444. The molecule has 1 aromatic heterocycles. The summed E-state index contributed by atoms with van der Waals surface area (Å²) >= 11 is 0. The van der Waals surface area contributed by atoms with Gasteiger partial charge in [0.2, 0.25) is 5.78 Å². The largest absolute Gasteiger partial charge is 0.496 e. The fourth-order valence-electron chi connectivity index (χ4n) is 3.12. The molecule has 0 aliphatic carbocycles. The minimum atomic E-state index is -0.455. The highest BCUT2D eigenvalue weighted by Crippen LogP contribution is 2.32. The van der Waals surface area contributed by atoms with E-state index in [1.54, 1.807) is 36.4 Å². The molecule has 0 N–H and O–H groups in total. The van der Waals surface area contributed by atoms with Crippen molar-refractivity contribution in [1.82, 2.24) is 0 Å². The molecule has 0 amide bonds. The van der Waals surface area contributed by atoms with Crippen LogP contribution in [-0.2, 0) is 11.2 Å². The Balaban J connectivity index is 2.20. The number of fused-ring (bicyclic) bond motifs is 1. The summed E-state index contributed by atoms with van der Waals surface area (Å²) in [6.45, 7) is 2.08. The first-order valence-corrected chi connectivity index (χ1v) is 8.92. The minimum absolute atomic E-state index is 0.181. The van der Waals surface area contributed by atoms with Crippen LogP contribution < -0.4 is 4.74 Å². The lowest BCUT2D eigenvalue weighted by atomic mass is 9.97. The van der Waals surface area contributed by atoms with E-state index in [1.165, 1.54) is 14.2 Å². The van der Waals surface area contributed by atoms with Crippen LogP contribution in [0, 0.1) is 0 Å². The molecule has 1 heterocycles. The predicted octanol–water partition coefficient (Wildman–Crippen LogP) is 4.80. The van der Waals surface area contributed by atoms with Crippen LogP contribution >= 0.6 is 0 Å². The van der Waals surface area contributed by atoms with E-state index in [-0.39, 0.29) is 5.78 Å². The number of carbonyl (C=O) groups is 2. The van der Waals surface area contributed by atoms with Crippen LogP contribution in [0.15, 0.2) is 46.9 Å². The van der Waals surface area contributed by atoms with Crippen LogP contribution in [0.4, 0.5) is 0 Å². The molecule has 0 atom stereocenters. The maximum absolute atomic E-state index is 13.4. The third kappa shape index (κ3) is 3.58. The molecule has 5 nitrogen and oxygen atoms in total. The zero-order valence-corrected chi connectivity index (χ0v) is 15.7. The van der Waals surface area contributed by atoms with Crippen molar-refractivity contribution in [3.63, 3.8) is 0 Å². The zero-order valence-electron chi connectivity index (χ0n) is 15.7. The number of aryl methyl sites for hydroxylation is 1. The van der Waals surface area contributed by atoms with Gasteiger partial charge in [0.25, 0.3) is 0 Å². The second kappa shape index (κ2) is 8.08. The molecule has 0 aliphatic heterocycles. The Labute approximate surface area is 157 Å². The summed E-state index contributed by atoms with van der Waals surface area (Å²) in [5.41, 5.74) is 1.89. The Morgan fingerprint density at radius 3 is 2.56 bits per heavy atom. The molecule has 0 spiro atoms. The van der Waals surface area contributed by atoms with Crippen molar-refractivity contribution < 1.29 is 23.5 Å². The van der Waals surface area contributed by atoms with Crippen molar-refractivity contribution in [2.45, 2.75) is 26.2 Å². The third-order valence-electron chi connectivity index (χ3n) is 4.52. The first-order valence-electron chi connectivity index (χ1n) is 8.92. The number of carbonyl (C=O) groups excluding carboxylic acids is 2. The number of methoxy groups -OCH3 is 2. The molecule has 0 bridgehead atoms. The number of unbranched alkanes of at least 4 members (excludes halogenated alkanes) is 1. The molecule has 0 radical (unpaired) electrons. The normalized spacial score (nSPS) is 10.8. The molecule has 2 aromatic carbocycles. The van der Waals surface area contributed by atoms with Crippen LogP contribution in [0.25, 0.3) is 11.0 Å². The molecule has 5 heteroatoms. The molecule has 3 aromatic rings. The molecule has 27 heavy (non-hydrogen) atoms. The van der Waals surface area contributed by atoms with Crippen LogP contribution in [0.2, 0.25) is 0 Å². The van der Waals surface area contributed by atoms with E-state index in [0.29, 0.717) is 45.6 Å². The topological polar surface area (TPSA) is 65.7 Å². The van der Waals surface area contributed by atoms with E-state index in [0.717, 1.165) is 12.8 Å². The van der Waals surface area contributed by atoms with Gasteiger partial charge in [-0.05, 0) is 36.8 Å². The van der Waals surface area contributed by atoms with Gasteiger partial charge in [0.15, 0.2) is 0 Å². The predicted molar refractivity (Wildman–Crippen MR) is 103 cm³/mol. The van der Waals surface area contributed by atoms with E-state index in [4.69, 9.17) is 13.9 Å². The van der Waals surface area contributed by atoms with E-state index in [1.807, 2.05) is 6.07 Å². The van der Waals surface area contributed by atoms with Gasteiger partial charge in [-0.1, -0.05) is 25.5 Å². The lowest BCUT2D eigenvalue weighted by molar-refractivity contribution is 0.0600. The Kier molecular flexibility index (Phi) is 5.60. The summed E-state index contributed by atoms with van der Waals surface area (Å²) in [4.78, 5) is 25.3. The standard InChI is InChI=1S/C22H22O5/c1-4-5-9-19-20(21(23)15-8-6-7-10-17(15)25-2)16-13-14(22(24)26-3)11-12-18(16)27-19/h6-8,10-13H,4-5,9H2,1-3H3. The average Bonchev–Trinajstić information content (AvgIpc) is 3.08. The van der Waals surface area contributed by atoms with Gasteiger partial charge in [0.05, 0.1) is 30.9 Å². The van der Waals surface area contributed by atoms with Gasteiger partial charge in [0, 0.05) is 11.8 Å². The monoisotopic (exact) mass is 366 g/mol. The van der Waals surface area contributed by atoms with Crippen LogP contribution in [0.5, 0.6) is 5.75 Å². The number of rotatable bonds is 7. The molecule has 3 rings (SSSR count). The molecule has 0 saturated heterocycles. The highest BCUT2D eigenvalue weighted by molar-refractivity contribution is 6.18. The second-order valence-electron chi connectivity index (χ2n) is 6.24. The van der Waals surface area contributed by atoms with Gasteiger partial charge in [0.1, 0.15) is 17.1 Å². The number of ether oxygens (including phenoxy) is 2. The summed E-state index contributed by atoms with van der Waals surface area (Å²) in [6, 6.07) is 12.1. The first-order chi connectivity index (χ1) is 13.1. The van der Waals surface area contributed by atoms with Crippen LogP contribution in [-0.4, -0.2) is 26.0 Å². The smallest absolute Gasteiger partial charge is 0.337 e. The van der Waals surface area contributed by atoms with E-state index < -0.39 is 5.97 Å². The van der Waals surface area contributed by atoms with Crippen molar-refractivity contribution in [3.05, 3.63) is 64.9 Å². The Hall–Kier alpha value is -3.08. The maximum Gasteiger partial charge on any atom is 0.337 e. The highest BCUT2D eigenvalue weighted by Gasteiger charge is 2.24. The van der Waals surface area contributed by atoms with Crippen molar-refractivity contribution in [2.75, 3.05) is 14.2 Å². The van der Waals surface area contributed by atoms with Gasteiger partial charge in [-0.2, -0.15) is 0 Å². The second-order valence-corrected chi connectivity index (χ2v) is 6.24. The fraction of sp³-hybridized carbons (Fsp3) is 0.273. The fourth-order valence-corrected chi connectivity index (χ4v) is 3.12. The Morgan fingerprint density at radius 2 is 1.85 bits per heavy atom. The van der Waals surface area contributed by atoms with Crippen LogP contribution in [0.3, 0.4) is 0 Å². The lowest BCUT2D eigenvalue weighted by Crippen LogP contribution is -2.06. The van der Waals surface area contributed by atoms with Crippen molar-refractivity contribution in [2.24, 2.45) is 0 Å². The summed E-state index contributed by atoms with van der Waals surface area (Å²) < 4.78 is 16.1. The maximum atomic E-state index is 13.4. The molecule has 0 aliphatic rings. The minimum Gasteiger partial charge on any atom is -0.496 e. The summed E-state index contributed by atoms with van der Waals surface area (Å²) in [6.07, 6.45) is 2.53. The molecular formula is C22H22O5. The molecular weight excluding hydrogens is 344 g/mol. The third-order valence-corrected chi connectivity index (χ3v) is 4.52. The number of benzene rings is 2. The number of furan rings is 1. The SMILES string of the molecule is CCCCc1oc2ccc(C(=O)OC)cc2c1C(=O)c1ccccc1OC.